The van der Waals surface area contributed by atoms with Crippen molar-refractivity contribution in [3.8, 4) is 17.6 Å². The Kier molecular flexibility index (Phi) is 6.65. The SMILES string of the molecule is COc1cc(/C=C(/C#N)C(=O)Nc2ccccc2Cl)ccc1OC(C)C. The van der Waals surface area contributed by atoms with Crippen LogP contribution in [0.25, 0.3) is 6.08 Å². The van der Waals surface area contributed by atoms with E-state index in [2.05, 4.69) is 5.32 Å². The first kappa shape index (κ1) is 19.4. The minimum Gasteiger partial charge on any atom is -0.493 e. The van der Waals surface area contributed by atoms with Crippen LogP contribution in [0.15, 0.2) is 48.0 Å². The Morgan fingerprint density at radius 1 is 1.23 bits per heavy atom. The molecule has 0 spiro atoms. The average molecular weight is 371 g/mol. The molecule has 2 aromatic rings. The highest BCUT2D eigenvalue weighted by molar-refractivity contribution is 6.34. The first-order valence-corrected chi connectivity index (χ1v) is 8.34. The predicted molar refractivity (Wildman–Crippen MR) is 102 cm³/mol. The normalized spacial score (nSPS) is 11.0. The molecule has 0 fully saturated rings. The molecule has 0 aliphatic heterocycles. The topological polar surface area (TPSA) is 71.3 Å². The highest BCUT2D eigenvalue weighted by Gasteiger charge is 2.12. The molecule has 5 nitrogen and oxygen atoms in total. The number of amides is 1. The number of rotatable bonds is 6. The van der Waals surface area contributed by atoms with Crippen molar-refractivity contribution in [3.05, 3.63) is 58.6 Å². The van der Waals surface area contributed by atoms with E-state index in [-0.39, 0.29) is 11.7 Å². The maximum absolute atomic E-state index is 12.4. The number of carbonyl (C=O) groups is 1. The fourth-order valence-electron chi connectivity index (χ4n) is 2.19. The maximum Gasteiger partial charge on any atom is 0.266 e. The van der Waals surface area contributed by atoms with Crippen molar-refractivity contribution in [2.45, 2.75) is 20.0 Å². The van der Waals surface area contributed by atoms with Crippen LogP contribution >= 0.6 is 11.6 Å². The summed E-state index contributed by atoms with van der Waals surface area (Å²) in [5, 5.41) is 12.4. The molecule has 0 aliphatic rings. The lowest BCUT2D eigenvalue weighted by Crippen LogP contribution is -2.13. The van der Waals surface area contributed by atoms with Crippen molar-refractivity contribution in [2.24, 2.45) is 0 Å². The molecule has 0 aromatic heterocycles. The molecule has 1 N–H and O–H groups in total. The number of benzene rings is 2. The van der Waals surface area contributed by atoms with E-state index < -0.39 is 5.91 Å². The van der Waals surface area contributed by atoms with Crippen LogP contribution in [0.5, 0.6) is 11.5 Å². The number of hydrogen-bond acceptors (Lipinski definition) is 4. The van der Waals surface area contributed by atoms with E-state index in [0.717, 1.165) is 0 Å². The molecule has 0 aliphatic carbocycles. The highest BCUT2D eigenvalue weighted by atomic mass is 35.5. The largest absolute Gasteiger partial charge is 0.493 e. The predicted octanol–water partition coefficient (Wildman–Crippen LogP) is 4.68. The molecular formula is C20H19ClN2O3. The van der Waals surface area contributed by atoms with Crippen molar-refractivity contribution in [1.82, 2.24) is 0 Å². The smallest absolute Gasteiger partial charge is 0.266 e. The number of anilines is 1. The van der Waals surface area contributed by atoms with Crippen molar-refractivity contribution < 1.29 is 14.3 Å². The van der Waals surface area contributed by atoms with Crippen molar-refractivity contribution in [2.75, 3.05) is 12.4 Å². The molecule has 0 heterocycles. The van der Waals surface area contributed by atoms with Gasteiger partial charge in [0.15, 0.2) is 11.5 Å². The van der Waals surface area contributed by atoms with E-state index in [1.807, 2.05) is 19.9 Å². The van der Waals surface area contributed by atoms with Crippen molar-refractivity contribution in [3.63, 3.8) is 0 Å². The zero-order valence-electron chi connectivity index (χ0n) is 14.7. The number of nitrogens with zero attached hydrogens (tertiary/aromatic N) is 1. The van der Waals surface area contributed by atoms with E-state index in [4.69, 9.17) is 21.1 Å². The molecule has 26 heavy (non-hydrogen) atoms. The molecule has 134 valence electrons. The fourth-order valence-corrected chi connectivity index (χ4v) is 2.38. The van der Waals surface area contributed by atoms with Gasteiger partial charge in [0.2, 0.25) is 0 Å². The van der Waals surface area contributed by atoms with E-state index in [0.29, 0.717) is 27.8 Å². The van der Waals surface area contributed by atoms with Gasteiger partial charge in [-0.05, 0) is 49.8 Å². The number of ether oxygens (including phenoxy) is 2. The molecule has 6 heteroatoms. The Bertz CT molecular complexity index is 870. The first-order valence-electron chi connectivity index (χ1n) is 7.97. The molecule has 1 amide bonds. The van der Waals surface area contributed by atoms with Crippen LogP contribution in [0.4, 0.5) is 5.69 Å². The number of nitriles is 1. The van der Waals surface area contributed by atoms with Crippen LogP contribution in [-0.4, -0.2) is 19.1 Å². The summed E-state index contributed by atoms with van der Waals surface area (Å²) in [5.41, 5.74) is 1.03. The zero-order valence-corrected chi connectivity index (χ0v) is 15.5. The molecular weight excluding hydrogens is 352 g/mol. The van der Waals surface area contributed by atoms with Gasteiger partial charge in [0.25, 0.3) is 5.91 Å². The van der Waals surface area contributed by atoms with Crippen molar-refractivity contribution in [1.29, 1.82) is 5.26 Å². The molecule has 0 bridgehead atoms. The molecule has 0 radical (unpaired) electrons. The van der Waals surface area contributed by atoms with Gasteiger partial charge < -0.3 is 14.8 Å². The number of methoxy groups -OCH3 is 1. The van der Waals surface area contributed by atoms with E-state index in [1.54, 1.807) is 42.5 Å². The Hall–Kier alpha value is -2.97. The van der Waals surface area contributed by atoms with Crippen LogP contribution in [0.2, 0.25) is 5.02 Å². The van der Waals surface area contributed by atoms with Gasteiger partial charge in [-0.3, -0.25) is 4.79 Å². The summed E-state index contributed by atoms with van der Waals surface area (Å²) >= 11 is 6.03. The lowest BCUT2D eigenvalue weighted by Gasteiger charge is -2.14. The van der Waals surface area contributed by atoms with Gasteiger partial charge >= 0.3 is 0 Å². The molecule has 0 saturated carbocycles. The molecule has 0 unspecified atom stereocenters. The maximum atomic E-state index is 12.4. The Labute approximate surface area is 157 Å². The van der Waals surface area contributed by atoms with Crippen LogP contribution in [-0.2, 0) is 4.79 Å². The van der Waals surface area contributed by atoms with Gasteiger partial charge in [-0.15, -0.1) is 0 Å². The molecule has 2 rings (SSSR count). The molecule has 0 atom stereocenters. The average Bonchev–Trinajstić information content (AvgIpc) is 2.62. The number of hydrogen-bond donors (Lipinski definition) is 1. The second-order valence-corrected chi connectivity index (χ2v) is 6.09. The van der Waals surface area contributed by atoms with Gasteiger partial charge in [-0.2, -0.15) is 5.26 Å². The second-order valence-electron chi connectivity index (χ2n) is 5.68. The van der Waals surface area contributed by atoms with E-state index in [1.165, 1.54) is 13.2 Å². The Morgan fingerprint density at radius 2 is 1.96 bits per heavy atom. The summed E-state index contributed by atoms with van der Waals surface area (Å²) in [6, 6.07) is 13.9. The molecule has 0 saturated heterocycles. The van der Waals surface area contributed by atoms with Crippen LogP contribution in [0.3, 0.4) is 0 Å². The standard InChI is InChI=1S/C20H19ClN2O3/c1-13(2)26-18-9-8-14(11-19(18)25-3)10-15(12-22)20(24)23-17-7-5-4-6-16(17)21/h4-11,13H,1-3H3,(H,23,24)/b15-10-. The third-order valence-electron chi connectivity index (χ3n) is 3.35. The van der Waals surface area contributed by atoms with Gasteiger partial charge in [-0.1, -0.05) is 29.8 Å². The monoisotopic (exact) mass is 370 g/mol. The third kappa shape index (κ3) is 5.01. The Balaban J connectivity index is 2.26. The lowest BCUT2D eigenvalue weighted by atomic mass is 10.1. The summed E-state index contributed by atoms with van der Waals surface area (Å²) in [7, 11) is 1.53. The van der Waals surface area contributed by atoms with Crippen molar-refractivity contribution >= 4 is 29.3 Å². The van der Waals surface area contributed by atoms with Gasteiger partial charge in [0, 0.05) is 0 Å². The summed E-state index contributed by atoms with van der Waals surface area (Å²) in [5.74, 6) is 0.581. The van der Waals surface area contributed by atoms with Gasteiger partial charge in [-0.25, -0.2) is 0 Å². The number of carbonyl (C=O) groups excluding carboxylic acids is 1. The Morgan fingerprint density at radius 3 is 2.58 bits per heavy atom. The minimum atomic E-state index is -0.540. The van der Waals surface area contributed by atoms with E-state index in [9.17, 15) is 10.1 Å². The number of halogens is 1. The summed E-state index contributed by atoms with van der Waals surface area (Å²) in [6.45, 7) is 3.83. The highest BCUT2D eigenvalue weighted by Crippen LogP contribution is 2.30. The number of nitrogens with one attached hydrogen (secondary N) is 1. The first-order chi connectivity index (χ1) is 12.4. The number of para-hydroxylation sites is 1. The third-order valence-corrected chi connectivity index (χ3v) is 3.68. The fraction of sp³-hybridized carbons (Fsp3) is 0.200. The van der Waals surface area contributed by atoms with Gasteiger partial charge in [0.1, 0.15) is 11.6 Å². The molecule has 2 aromatic carbocycles. The van der Waals surface area contributed by atoms with Crippen LogP contribution in [0, 0.1) is 11.3 Å². The van der Waals surface area contributed by atoms with E-state index >= 15 is 0 Å². The summed E-state index contributed by atoms with van der Waals surface area (Å²) in [4.78, 5) is 12.4. The quantitative estimate of drug-likeness (QED) is 0.592. The summed E-state index contributed by atoms with van der Waals surface area (Å²) < 4.78 is 11.0. The lowest BCUT2D eigenvalue weighted by molar-refractivity contribution is -0.112. The van der Waals surface area contributed by atoms with Crippen LogP contribution in [0.1, 0.15) is 19.4 Å². The zero-order chi connectivity index (χ0) is 19.1. The van der Waals surface area contributed by atoms with Gasteiger partial charge in [0.05, 0.1) is 23.9 Å². The van der Waals surface area contributed by atoms with Crippen LogP contribution < -0.4 is 14.8 Å². The second kappa shape index (κ2) is 8.93. The minimum absolute atomic E-state index is 0.00126. The summed E-state index contributed by atoms with van der Waals surface area (Å²) in [6.07, 6.45) is 1.48.